The SMILES string of the molecule is C.CC.CC(C)C(N)C(=O)NCCCOCCOCCOCCCNC(=O)CCC(=O)NC(Cc1ccccc1)C(=O)O.CCCCCCC.CN.O=C(CCCO)OCC1c2ccccc2-c2ccccc21. The zero-order valence-corrected chi connectivity index (χ0v) is 44.6. The number of benzene rings is 3. The first-order chi connectivity index (χ1) is 34.9. The van der Waals surface area contributed by atoms with E-state index in [4.69, 9.17) is 29.8 Å². The molecule has 16 nitrogen and oxygen atoms in total. The fraction of sp³-hybridized carbons (Fsp3) is 0.596. The first-order valence-electron chi connectivity index (χ1n) is 26.0. The maximum atomic E-state index is 12.1. The third-order valence-corrected chi connectivity index (χ3v) is 10.9. The largest absolute Gasteiger partial charge is 0.480 e. The Morgan fingerprint density at radius 3 is 1.60 bits per heavy atom. The van der Waals surface area contributed by atoms with Gasteiger partial charge in [0.25, 0.3) is 0 Å². The second-order valence-electron chi connectivity index (χ2n) is 16.9. The molecule has 1 aliphatic rings. The van der Waals surface area contributed by atoms with E-state index in [0.717, 1.165) is 5.56 Å². The summed E-state index contributed by atoms with van der Waals surface area (Å²) in [7, 11) is 1.50. The van der Waals surface area contributed by atoms with Crippen LogP contribution in [0.1, 0.15) is 142 Å². The highest BCUT2D eigenvalue weighted by molar-refractivity contribution is 5.87. The lowest BCUT2D eigenvalue weighted by Crippen LogP contribution is -2.44. The number of nitrogens with two attached hydrogens (primary N) is 2. The van der Waals surface area contributed by atoms with Gasteiger partial charge in [-0.25, -0.2) is 4.79 Å². The predicted molar refractivity (Wildman–Crippen MR) is 293 cm³/mol. The molecule has 414 valence electrons. The summed E-state index contributed by atoms with van der Waals surface area (Å²) in [5.74, 6) is -2.07. The average molecular weight is 1030 g/mol. The van der Waals surface area contributed by atoms with Crippen LogP contribution in [0.3, 0.4) is 0 Å². The zero-order valence-electron chi connectivity index (χ0n) is 44.6. The lowest BCUT2D eigenvalue weighted by molar-refractivity contribution is -0.144. The van der Waals surface area contributed by atoms with Crippen molar-refractivity contribution in [3.05, 3.63) is 95.6 Å². The highest BCUT2D eigenvalue weighted by atomic mass is 16.5. The number of carboxylic acid groups (broad SMARTS) is 1. The number of ether oxygens (including phenoxy) is 4. The number of carbonyl (C=O) groups excluding carboxylic acids is 4. The Labute approximate surface area is 438 Å². The van der Waals surface area contributed by atoms with Crippen LogP contribution >= 0.6 is 0 Å². The highest BCUT2D eigenvalue weighted by Gasteiger charge is 2.29. The molecule has 1 aliphatic carbocycles. The van der Waals surface area contributed by atoms with Crippen LogP contribution in [0, 0.1) is 5.92 Å². The summed E-state index contributed by atoms with van der Waals surface area (Å²) in [6.45, 7) is 16.3. The second kappa shape index (κ2) is 46.5. The van der Waals surface area contributed by atoms with E-state index >= 15 is 0 Å². The van der Waals surface area contributed by atoms with Crippen molar-refractivity contribution in [3.8, 4) is 11.1 Å². The molecular formula is C57H95N5O11. The summed E-state index contributed by atoms with van der Waals surface area (Å²) in [6, 6.07) is 24.0. The number of hydrogen-bond donors (Lipinski definition) is 7. The molecule has 2 atom stereocenters. The number of aliphatic carboxylic acids is 1. The van der Waals surface area contributed by atoms with Gasteiger partial charge in [-0.3, -0.25) is 19.2 Å². The van der Waals surface area contributed by atoms with Gasteiger partial charge in [-0.15, -0.1) is 0 Å². The normalized spacial score (nSPS) is 11.6. The van der Waals surface area contributed by atoms with Crippen LogP contribution in [0.25, 0.3) is 11.1 Å². The lowest BCUT2D eigenvalue weighted by Gasteiger charge is -2.15. The Balaban J connectivity index is 0. The van der Waals surface area contributed by atoms with E-state index in [1.54, 1.807) is 24.3 Å². The lowest BCUT2D eigenvalue weighted by atomic mass is 9.98. The Bertz CT molecular complexity index is 1820. The van der Waals surface area contributed by atoms with Crippen molar-refractivity contribution >= 4 is 29.7 Å². The van der Waals surface area contributed by atoms with Crippen LogP contribution in [0.2, 0.25) is 0 Å². The third kappa shape index (κ3) is 32.5. The van der Waals surface area contributed by atoms with Gasteiger partial charge in [0.05, 0.1) is 32.5 Å². The van der Waals surface area contributed by atoms with Crippen LogP contribution < -0.4 is 27.4 Å². The Kier molecular flexibility index (Phi) is 44.5. The number of carboxylic acids is 1. The molecule has 0 aliphatic heterocycles. The monoisotopic (exact) mass is 1030 g/mol. The van der Waals surface area contributed by atoms with Crippen molar-refractivity contribution in [1.29, 1.82) is 0 Å². The van der Waals surface area contributed by atoms with Gasteiger partial charge >= 0.3 is 11.9 Å². The Morgan fingerprint density at radius 2 is 1.11 bits per heavy atom. The maximum Gasteiger partial charge on any atom is 0.326 e. The topological polar surface area (TPSA) is 251 Å². The Hall–Kier alpha value is -5.23. The molecule has 2 unspecified atom stereocenters. The van der Waals surface area contributed by atoms with Gasteiger partial charge in [0, 0.05) is 64.5 Å². The van der Waals surface area contributed by atoms with Crippen LogP contribution in [-0.2, 0) is 49.3 Å². The molecule has 16 heteroatoms. The Morgan fingerprint density at radius 1 is 0.630 bits per heavy atom. The average Bonchev–Trinajstić information content (AvgIpc) is 3.72. The van der Waals surface area contributed by atoms with E-state index < -0.39 is 24.0 Å². The molecule has 0 bridgehead atoms. The predicted octanol–water partition coefficient (Wildman–Crippen LogP) is 7.95. The first-order valence-corrected chi connectivity index (χ1v) is 26.0. The number of rotatable bonds is 32. The highest BCUT2D eigenvalue weighted by Crippen LogP contribution is 2.44. The molecule has 3 aromatic rings. The second-order valence-corrected chi connectivity index (χ2v) is 16.9. The van der Waals surface area contributed by atoms with Gasteiger partial charge in [-0.1, -0.05) is 160 Å². The van der Waals surface area contributed by atoms with Gasteiger partial charge in [-0.2, -0.15) is 0 Å². The number of nitrogens with one attached hydrogen (secondary N) is 3. The number of aliphatic hydroxyl groups is 1. The molecule has 0 saturated heterocycles. The molecule has 73 heavy (non-hydrogen) atoms. The molecule has 0 heterocycles. The van der Waals surface area contributed by atoms with Crippen LogP contribution in [0.15, 0.2) is 78.9 Å². The van der Waals surface area contributed by atoms with Gasteiger partial charge in [-0.05, 0) is 60.0 Å². The van der Waals surface area contributed by atoms with Gasteiger partial charge < -0.3 is 56.6 Å². The van der Waals surface area contributed by atoms with Crippen LogP contribution in [-0.4, -0.2) is 125 Å². The van der Waals surface area contributed by atoms with Crippen molar-refractivity contribution in [2.75, 3.05) is 73.0 Å². The first kappa shape index (κ1) is 69.8. The molecule has 3 aromatic carbocycles. The van der Waals surface area contributed by atoms with Crippen LogP contribution in [0.4, 0.5) is 0 Å². The summed E-state index contributed by atoms with van der Waals surface area (Å²) in [5, 5.41) is 26.1. The molecule has 0 radical (unpaired) electrons. The molecule has 9 N–H and O–H groups in total. The summed E-state index contributed by atoms with van der Waals surface area (Å²) in [6.07, 6.45) is 9.09. The van der Waals surface area contributed by atoms with Crippen LogP contribution in [0.5, 0.6) is 0 Å². The number of carbonyl (C=O) groups is 5. The molecule has 0 aromatic heterocycles. The maximum absolute atomic E-state index is 12.1. The van der Waals surface area contributed by atoms with Gasteiger partial charge in [0.1, 0.15) is 12.6 Å². The molecular weight excluding hydrogens is 931 g/mol. The van der Waals surface area contributed by atoms with E-state index in [9.17, 15) is 29.1 Å². The minimum atomic E-state index is -1.12. The van der Waals surface area contributed by atoms with Crippen molar-refractivity contribution in [1.82, 2.24) is 16.0 Å². The fourth-order valence-corrected chi connectivity index (χ4v) is 6.97. The summed E-state index contributed by atoms with van der Waals surface area (Å²) < 4.78 is 21.7. The molecule has 4 rings (SSSR count). The standard InChI is InChI=1S/C28H46N4O8.C18H18O3.C7H16.C2H6.CH5N.CH4/c1-21(2)26(29)27(35)31-13-7-15-39-17-19-40-18-16-38-14-6-12-30-24(33)10-11-25(34)32-23(28(36)37)20-22-8-4-3-5-9-22;19-11-5-10-18(20)21-12-17-15-8-3-1-6-13(15)14-7-2-4-9-16(14)17;1-3-5-7-6-4-2;2*1-2;/h3-5,8-9,21,23,26H,6-7,10-20,29H2,1-2H3,(H,30,33)(H,31,35)(H,32,34)(H,36,37);1-4,6-9,17,19H,5,10-12H2;3-7H2,1-2H3;1-2H3;2H2,1H3;1H4. The molecule has 3 amide bonds. The van der Waals surface area contributed by atoms with Gasteiger partial charge in [0.2, 0.25) is 17.7 Å². The quantitative estimate of drug-likeness (QED) is 0.0232. The van der Waals surface area contributed by atoms with Crippen molar-refractivity contribution < 1.29 is 53.1 Å². The number of aliphatic hydroxyl groups excluding tert-OH is 1. The van der Waals surface area contributed by atoms with E-state index in [-0.39, 0.29) is 69.3 Å². The van der Waals surface area contributed by atoms with E-state index in [2.05, 4.69) is 59.8 Å². The van der Waals surface area contributed by atoms with Crippen molar-refractivity contribution in [3.63, 3.8) is 0 Å². The van der Waals surface area contributed by atoms with Gasteiger partial charge in [0.15, 0.2) is 0 Å². The van der Waals surface area contributed by atoms with Crippen molar-refractivity contribution in [2.45, 2.75) is 144 Å². The third-order valence-electron chi connectivity index (χ3n) is 10.9. The molecule has 0 fully saturated rings. The smallest absolute Gasteiger partial charge is 0.326 e. The number of fused-ring (bicyclic) bond motifs is 3. The number of esters is 1. The number of amides is 3. The zero-order chi connectivity index (χ0) is 53.8. The van der Waals surface area contributed by atoms with E-state index in [0.29, 0.717) is 78.6 Å². The minimum Gasteiger partial charge on any atom is -0.480 e. The number of hydrogen-bond acceptors (Lipinski definition) is 12. The summed E-state index contributed by atoms with van der Waals surface area (Å²) in [5.41, 5.74) is 16.0. The molecule has 0 spiro atoms. The summed E-state index contributed by atoms with van der Waals surface area (Å²) in [4.78, 5) is 58.9. The minimum absolute atomic E-state index is 0. The number of unbranched alkanes of at least 4 members (excludes halogenated alkanes) is 4. The fourth-order valence-electron chi connectivity index (χ4n) is 6.97. The van der Waals surface area contributed by atoms with Crippen molar-refractivity contribution in [2.24, 2.45) is 17.4 Å². The van der Waals surface area contributed by atoms with E-state index in [1.165, 1.54) is 61.4 Å². The van der Waals surface area contributed by atoms with E-state index in [1.807, 2.05) is 58.0 Å². The summed E-state index contributed by atoms with van der Waals surface area (Å²) >= 11 is 0. The molecule has 0 saturated carbocycles.